The molecule has 14 rings (SSSR count). The number of nitrogens with zero attached hydrogens (tertiary/aromatic N) is 8. The molecule has 0 bridgehead atoms. The van der Waals surface area contributed by atoms with E-state index >= 15 is 0 Å². The lowest BCUT2D eigenvalue weighted by atomic mass is 10.0. The van der Waals surface area contributed by atoms with Crippen molar-refractivity contribution in [1.29, 1.82) is 0 Å². The van der Waals surface area contributed by atoms with Crippen LogP contribution < -0.4 is 19.6 Å². The number of benzene rings is 10. The van der Waals surface area contributed by atoms with E-state index in [1.807, 2.05) is 0 Å². The van der Waals surface area contributed by atoms with Gasteiger partial charge in [-0.15, -0.1) is 0 Å². The number of para-hydroxylation sites is 14. The minimum absolute atomic E-state index is 0.524. The quantitative estimate of drug-likeness (QED) is 0.158. The summed E-state index contributed by atoms with van der Waals surface area (Å²) in [5.74, 6) is 1.62. The van der Waals surface area contributed by atoms with E-state index in [1.165, 1.54) is 0 Å². The molecule has 0 saturated heterocycles. The van der Waals surface area contributed by atoms with E-state index in [9.17, 15) is 0 Å². The molecule has 0 amide bonds. The number of fused-ring (bicyclic) bond motifs is 7. The van der Waals surface area contributed by atoms with Crippen LogP contribution in [0.1, 0.15) is 0 Å². The maximum Gasteiger partial charge on any atom is 0.238 e. The molecule has 2 aliphatic rings. The second kappa shape index (κ2) is 16.5. The molecule has 4 heterocycles. The van der Waals surface area contributed by atoms with Crippen LogP contribution in [0.3, 0.4) is 0 Å². The Hall–Kier alpha value is -9.79. The minimum atomic E-state index is 0.524. The van der Waals surface area contributed by atoms with Gasteiger partial charge in [0, 0.05) is 33.3 Å². The molecule has 0 atom stereocenters. The first-order valence-corrected chi connectivity index (χ1v) is 23.9. The van der Waals surface area contributed by atoms with E-state index < -0.39 is 0 Å². The zero-order chi connectivity index (χ0) is 46.8. The summed E-state index contributed by atoms with van der Waals surface area (Å²) in [5, 5.41) is 2.25. The molecule has 0 N–H and O–H groups in total. The largest absolute Gasteiger partial charge is 0.306 e. The zero-order valence-electron chi connectivity index (χ0n) is 38.3. The third kappa shape index (κ3) is 6.42. The third-order valence-electron chi connectivity index (χ3n) is 13.7. The summed E-state index contributed by atoms with van der Waals surface area (Å²) in [5.41, 5.74) is 16.2. The molecule has 334 valence electrons. The van der Waals surface area contributed by atoms with Crippen molar-refractivity contribution in [2.75, 3.05) is 19.6 Å². The Balaban J connectivity index is 1.01. The maximum atomic E-state index is 5.59. The molecule has 0 aliphatic carbocycles. The normalized spacial score (nSPS) is 12.7. The predicted octanol–water partition coefficient (Wildman–Crippen LogP) is 16.8. The van der Waals surface area contributed by atoms with E-state index in [2.05, 4.69) is 279 Å². The Morgan fingerprint density at radius 2 is 0.507 bits per heavy atom. The number of aromatic nitrogens is 4. The molecule has 12 aromatic rings. The summed E-state index contributed by atoms with van der Waals surface area (Å²) in [6.07, 6.45) is 0. The Labute approximate surface area is 410 Å². The number of anilines is 12. The highest BCUT2D eigenvalue weighted by molar-refractivity contribution is 6.09. The fraction of sp³-hybridized carbons (Fsp3) is 0. The van der Waals surface area contributed by atoms with Gasteiger partial charge in [-0.05, 0) is 109 Å². The summed E-state index contributed by atoms with van der Waals surface area (Å²) < 4.78 is 2.19. The first kappa shape index (κ1) is 40.3. The maximum absolute atomic E-state index is 5.59. The van der Waals surface area contributed by atoms with Crippen molar-refractivity contribution in [1.82, 2.24) is 19.5 Å². The molecular weight excluding hydrogens is 869 g/mol. The molecule has 71 heavy (non-hydrogen) atoms. The van der Waals surface area contributed by atoms with Crippen LogP contribution >= 0.6 is 0 Å². The molecular formula is C63H42N8. The molecule has 2 aromatic heterocycles. The van der Waals surface area contributed by atoms with Crippen molar-refractivity contribution in [2.45, 2.75) is 0 Å². The number of rotatable bonds is 7. The zero-order valence-corrected chi connectivity index (χ0v) is 38.3. The average Bonchev–Trinajstić information content (AvgIpc) is 3.78. The van der Waals surface area contributed by atoms with Crippen molar-refractivity contribution in [3.05, 3.63) is 255 Å². The summed E-state index contributed by atoms with van der Waals surface area (Å²) in [4.78, 5) is 26.1. The lowest BCUT2D eigenvalue weighted by Gasteiger charge is -2.41. The van der Waals surface area contributed by atoms with Gasteiger partial charge in [0.15, 0.2) is 11.6 Å². The molecule has 0 unspecified atom stereocenters. The first-order valence-electron chi connectivity index (χ1n) is 23.9. The topological polar surface area (TPSA) is 56.6 Å². The van der Waals surface area contributed by atoms with E-state index in [-0.39, 0.29) is 0 Å². The fourth-order valence-electron chi connectivity index (χ4n) is 10.7. The standard InChI is InChI=1S/C63H42N8/c1-3-23-43(24-4-1)67-53-35-15-19-39-57(53)69(58-40-20-16-36-54(58)67)51-33-13-9-29-47(51)61-64-62(66-63(65-61)71-49-31-11-7-27-45(49)46-28-8-12-32-50(46)71)48-30-10-14-34-52(48)70-59-41-21-17-37-55(59)68(44-25-5-2-6-26-44)56-38-18-22-42-60(56)70/h1-42H. The van der Waals surface area contributed by atoms with Gasteiger partial charge in [-0.3, -0.25) is 4.57 Å². The minimum Gasteiger partial charge on any atom is -0.306 e. The van der Waals surface area contributed by atoms with Crippen LogP contribution in [0.15, 0.2) is 255 Å². The Morgan fingerprint density at radius 1 is 0.225 bits per heavy atom. The van der Waals surface area contributed by atoms with Gasteiger partial charge >= 0.3 is 0 Å². The lowest BCUT2D eigenvalue weighted by Crippen LogP contribution is -2.24. The van der Waals surface area contributed by atoms with Crippen LogP contribution in [-0.4, -0.2) is 19.5 Å². The number of hydrogen-bond donors (Lipinski definition) is 0. The van der Waals surface area contributed by atoms with Crippen molar-refractivity contribution in [3.8, 4) is 28.7 Å². The summed E-state index contributed by atoms with van der Waals surface area (Å²) in [6, 6.07) is 89.6. The summed E-state index contributed by atoms with van der Waals surface area (Å²) in [6.45, 7) is 0. The first-order chi connectivity index (χ1) is 35.3. The van der Waals surface area contributed by atoms with Gasteiger partial charge in [0.25, 0.3) is 0 Å². The molecule has 0 fully saturated rings. The molecule has 0 saturated carbocycles. The van der Waals surface area contributed by atoms with E-state index in [1.54, 1.807) is 0 Å². The van der Waals surface area contributed by atoms with Gasteiger partial charge in [-0.1, -0.05) is 146 Å². The van der Waals surface area contributed by atoms with Crippen LogP contribution in [0.2, 0.25) is 0 Å². The smallest absolute Gasteiger partial charge is 0.238 e. The van der Waals surface area contributed by atoms with Crippen molar-refractivity contribution in [3.63, 3.8) is 0 Å². The van der Waals surface area contributed by atoms with E-state index in [4.69, 9.17) is 15.0 Å². The van der Waals surface area contributed by atoms with Gasteiger partial charge in [0.2, 0.25) is 5.95 Å². The average molecular weight is 911 g/mol. The fourth-order valence-corrected chi connectivity index (χ4v) is 10.7. The van der Waals surface area contributed by atoms with Gasteiger partial charge in [0.05, 0.1) is 67.9 Å². The van der Waals surface area contributed by atoms with Gasteiger partial charge < -0.3 is 19.6 Å². The molecule has 8 nitrogen and oxygen atoms in total. The van der Waals surface area contributed by atoms with E-state index in [0.717, 1.165) is 101 Å². The SMILES string of the molecule is c1ccc(N2c3ccccc3N(c3ccccc3-c3nc(-c4ccccc4N4c5ccccc5N(c5ccccc5)c5ccccc54)nc(-n4c5ccccc5c5ccccc54)n3)c3ccccc32)cc1. The van der Waals surface area contributed by atoms with Gasteiger partial charge in [-0.25, -0.2) is 4.98 Å². The Morgan fingerprint density at radius 3 is 0.873 bits per heavy atom. The summed E-state index contributed by atoms with van der Waals surface area (Å²) >= 11 is 0. The summed E-state index contributed by atoms with van der Waals surface area (Å²) in [7, 11) is 0. The Kier molecular flexibility index (Phi) is 9.35. The Bertz CT molecular complexity index is 3650. The lowest BCUT2D eigenvalue weighted by molar-refractivity contribution is 0.952. The van der Waals surface area contributed by atoms with E-state index in [0.29, 0.717) is 17.6 Å². The van der Waals surface area contributed by atoms with Crippen molar-refractivity contribution >= 4 is 90.1 Å². The molecule has 10 aromatic carbocycles. The monoisotopic (exact) mass is 910 g/mol. The predicted molar refractivity (Wildman–Crippen MR) is 291 cm³/mol. The highest BCUT2D eigenvalue weighted by Crippen LogP contribution is 2.57. The van der Waals surface area contributed by atoms with Crippen LogP contribution in [0, 0.1) is 0 Å². The molecule has 2 aliphatic heterocycles. The van der Waals surface area contributed by atoms with Crippen molar-refractivity contribution in [2.24, 2.45) is 0 Å². The molecule has 8 heteroatoms. The highest BCUT2D eigenvalue weighted by Gasteiger charge is 2.34. The van der Waals surface area contributed by atoms with Crippen molar-refractivity contribution < 1.29 is 0 Å². The second-order valence-corrected chi connectivity index (χ2v) is 17.7. The second-order valence-electron chi connectivity index (χ2n) is 17.7. The van der Waals surface area contributed by atoms with Crippen LogP contribution in [0.5, 0.6) is 0 Å². The van der Waals surface area contributed by atoms with Crippen LogP contribution in [0.25, 0.3) is 50.5 Å². The highest BCUT2D eigenvalue weighted by atomic mass is 15.3. The van der Waals surface area contributed by atoms with Gasteiger partial charge in [0.1, 0.15) is 0 Å². The van der Waals surface area contributed by atoms with Crippen LogP contribution in [-0.2, 0) is 0 Å². The third-order valence-corrected chi connectivity index (χ3v) is 13.7. The van der Waals surface area contributed by atoms with Gasteiger partial charge in [-0.2, -0.15) is 9.97 Å². The molecule has 0 spiro atoms. The number of hydrogen-bond acceptors (Lipinski definition) is 7. The molecule has 0 radical (unpaired) electrons. The van der Waals surface area contributed by atoms with Crippen LogP contribution in [0.4, 0.5) is 68.2 Å².